The van der Waals surface area contributed by atoms with Crippen LogP contribution in [0, 0.1) is 17.3 Å². The minimum Gasteiger partial charge on any atom is -0.497 e. The first-order valence-electron chi connectivity index (χ1n) is 8.23. The number of carbonyl (C=O) groups is 2. The van der Waals surface area contributed by atoms with Gasteiger partial charge in [0.05, 0.1) is 7.11 Å². The van der Waals surface area contributed by atoms with Gasteiger partial charge in [-0.3, -0.25) is 9.59 Å². The molecule has 22 heavy (non-hydrogen) atoms. The SMILES string of the molecule is COc1cccc(CCC2C(=O)CC[C@]3(C)C(=O)CCC23)c1. The number of carbonyl (C=O) groups excluding carboxylic acids is 2. The molecule has 0 spiro atoms. The van der Waals surface area contributed by atoms with E-state index < -0.39 is 0 Å². The van der Waals surface area contributed by atoms with Crippen LogP contribution >= 0.6 is 0 Å². The first-order valence-corrected chi connectivity index (χ1v) is 8.23. The Labute approximate surface area is 132 Å². The molecule has 3 nitrogen and oxygen atoms in total. The standard InChI is InChI=1S/C19H24O3/c1-19-11-10-17(20)15(16(19)8-9-18(19)21)7-6-13-4-3-5-14(12-13)22-2/h3-5,12,15-16H,6-11H2,1-2H3/t15?,16?,19-/m0/s1. The van der Waals surface area contributed by atoms with Gasteiger partial charge in [-0.2, -0.15) is 0 Å². The highest BCUT2D eigenvalue weighted by Crippen LogP contribution is 2.52. The number of hydrogen-bond acceptors (Lipinski definition) is 3. The van der Waals surface area contributed by atoms with Gasteiger partial charge in [-0.15, -0.1) is 0 Å². The van der Waals surface area contributed by atoms with Gasteiger partial charge >= 0.3 is 0 Å². The van der Waals surface area contributed by atoms with Crippen molar-refractivity contribution < 1.29 is 14.3 Å². The van der Waals surface area contributed by atoms with E-state index >= 15 is 0 Å². The van der Waals surface area contributed by atoms with Crippen molar-refractivity contribution in [3.05, 3.63) is 29.8 Å². The maximum absolute atomic E-state index is 12.4. The summed E-state index contributed by atoms with van der Waals surface area (Å²) in [4.78, 5) is 24.6. The molecule has 0 heterocycles. The average molecular weight is 300 g/mol. The van der Waals surface area contributed by atoms with Gasteiger partial charge < -0.3 is 4.74 Å². The van der Waals surface area contributed by atoms with Crippen LogP contribution in [-0.2, 0) is 16.0 Å². The van der Waals surface area contributed by atoms with Crippen molar-refractivity contribution in [2.45, 2.75) is 45.4 Å². The number of ether oxygens (including phenoxy) is 1. The highest BCUT2D eigenvalue weighted by Gasteiger charge is 2.53. The van der Waals surface area contributed by atoms with Crippen LogP contribution in [0.2, 0.25) is 0 Å². The first-order chi connectivity index (χ1) is 10.5. The van der Waals surface area contributed by atoms with Gasteiger partial charge in [0.15, 0.2) is 0 Å². The topological polar surface area (TPSA) is 43.4 Å². The third-order valence-electron chi connectivity index (χ3n) is 5.81. The van der Waals surface area contributed by atoms with Crippen LogP contribution in [0.15, 0.2) is 24.3 Å². The molecule has 1 aromatic rings. The predicted octanol–water partition coefficient (Wildman–Crippen LogP) is 3.59. The Balaban J connectivity index is 1.73. The molecule has 0 amide bonds. The Morgan fingerprint density at radius 1 is 1.27 bits per heavy atom. The van der Waals surface area contributed by atoms with Crippen molar-refractivity contribution in [3.8, 4) is 5.75 Å². The summed E-state index contributed by atoms with van der Waals surface area (Å²) in [6.07, 6.45) is 4.59. The summed E-state index contributed by atoms with van der Waals surface area (Å²) in [5.41, 5.74) is 0.955. The maximum atomic E-state index is 12.4. The van der Waals surface area contributed by atoms with Crippen LogP contribution in [-0.4, -0.2) is 18.7 Å². The van der Waals surface area contributed by atoms with Crippen molar-refractivity contribution >= 4 is 11.6 Å². The van der Waals surface area contributed by atoms with Crippen molar-refractivity contribution in [3.63, 3.8) is 0 Å². The zero-order chi connectivity index (χ0) is 15.7. The molecule has 0 saturated heterocycles. The van der Waals surface area contributed by atoms with Gasteiger partial charge in [0.25, 0.3) is 0 Å². The molecule has 0 aromatic heterocycles. The van der Waals surface area contributed by atoms with Gasteiger partial charge in [0.2, 0.25) is 0 Å². The van der Waals surface area contributed by atoms with E-state index in [1.165, 1.54) is 5.56 Å². The summed E-state index contributed by atoms with van der Waals surface area (Å²) in [6, 6.07) is 8.03. The largest absolute Gasteiger partial charge is 0.497 e. The molecule has 2 saturated carbocycles. The number of fused-ring (bicyclic) bond motifs is 1. The van der Waals surface area contributed by atoms with Gasteiger partial charge in [-0.25, -0.2) is 0 Å². The van der Waals surface area contributed by atoms with E-state index in [1.807, 2.05) is 18.2 Å². The fourth-order valence-electron chi connectivity index (χ4n) is 4.37. The van der Waals surface area contributed by atoms with Gasteiger partial charge in [0, 0.05) is 24.2 Å². The third kappa shape index (κ3) is 2.57. The number of benzene rings is 1. The van der Waals surface area contributed by atoms with Crippen LogP contribution < -0.4 is 4.74 Å². The van der Waals surface area contributed by atoms with Gasteiger partial charge in [-0.05, 0) is 49.3 Å². The van der Waals surface area contributed by atoms with E-state index in [4.69, 9.17) is 4.74 Å². The van der Waals surface area contributed by atoms with Crippen LogP contribution in [0.5, 0.6) is 5.75 Å². The molecule has 3 heteroatoms. The lowest BCUT2D eigenvalue weighted by Gasteiger charge is -2.39. The normalized spacial score (nSPS) is 31.2. The van der Waals surface area contributed by atoms with E-state index in [0.29, 0.717) is 24.4 Å². The Morgan fingerprint density at radius 2 is 2.09 bits per heavy atom. The lowest BCUT2D eigenvalue weighted by Crippen LogP contribution is -2.42. The Kier molecular flexibility index (Phi) is 4.07. The number of Topliss-reactive ketones (excluding diaryl/α,β-unsaturated/α-hetero) is 2. The van der Waals surface area contributed by atoms with Gasteiger partial charge in [0.1, 0.15) is 17.3 Å². The van der Waals surface area contributed by atoms with Gasteiger partial charge in [-0.1, -0.05) is 19.1 Å². The first kappa shape index (κ1) is 15.3. The van der Waals surface area contributed by atoms with Crippen LogP contribution in [0.3, 0.4) is 0 Å². The minimum absolute atomic E-state index is 0.0522. The summed E-state index contributed by atoms with van der Waals surface area (Å²) in [5.74, 6) is 1.90. The lowest BCUT2D eigenvalue weighted by atomic mass is 9.62. The number of aryl methyl sites for hydroxylation is 1. The van der Waals surface area contributed by atoms with E-state index in [1.54, 1.807) is 7.11 Å². The predicted molar refractivity (Wildman–Crippen MR) is 84.9 cm³/mol. The van der Waals surface area contributed by atoms with Crippen LogP contribution in [0.1, 0.15) is 44.6 Å². The zero-order valence-electron chi connectivity index (χ0n) is 13.4. The summed E-state index contributed by atoms with van der Waals surface area (Å²) < 4.78 is 5.26. The number of methoxy groups -OCH3 is 1. The molecule has 2 aliphatic carbocycles. The molecule has 0 N–H and O–H groups in total. The van der Waals surface area contributed by atoms with Crippen molar-refractivity contribution in [1.82, 2.24) is 0 Å². The number of rotatable bonds is 4. The van der Waals surface area contributed by atoms with Crippen molar-refractivity contribution in [2.75, 3.05) is 7.11 Å². The van der Waals surface area contributed by atoms with Crippen LogP contribution in [0.25, 0.3) is 0 Å². The summed E-state index contributed by atoms with van der Waals surface area (Å²) >= 11 is 0. The van der Waals surface area contributed by atoms with Crippen molar-refractivity contribution in [2.24, 2.45) is 17.3 Å². The average Bonchev–Trinajstić information content (AvgIpc) is 2.83. The minimum atomic E-state index is -0.243. The molecule has 1 aromatic carbocycles. The fourth-order valence-corrected chi connectivity index (χ4v) is 4.37. The zero-order valence-corrected chi connectivity index (χ0v) is 13.4. The van der Waals surface area contributed by atoms with E-state index in [-0.39, 0.29) is 17.3 Å². The maximum Gasteiger partial charge on any atom is 0.139 e. The van der Waals surface area contributed by atoms with E-state index in [0.717, 1.165) is 31.4 Å². The lowest BCUT2D eigenvalue weighted by molar-refractivity contribution is -0.136. The second kappa shape index (κ2) is 5.86. The summed E-state index contributed by atoms with van der Waals surface area (Å²) in [5, 5.41) is 0. The molecule has 3 rings (SSSR count). The molecular formula is C19H24O3. The molecule has 0 radical (unpaired) electrons. The molecule has 2 aliphatic rings. The second-order valence-electron chi connectivity index (χ2n) is 6.95. The molecule has 0 bridgehead atoms. The second-order valence-corrected chi connectivity index (χ2v) is 6.95. The highest BCUT2D eigenvalue weighted by atomic mass is 16.5. The molecule has 2 unspecified atom stereocenters. The van der Waals surface area contributed by atoms with E-state index in [2.05, 4.69) is 13.0 Å². The quantitative estimate of drug-likeness (QED) is 0.853. The summed E-state index contributed by atoms with van der Waals surface area (Å²) in [7, 11) is 1.67. The number of hydrogen-bond donors (Lipinski definition) is 0. The summed E-state index contributed by atoms with van der Waals surface area (Å²) in [6.45, 7) is 2.08. The molecule has 0 aliphatic heterocycles. The Morgan fingerprint density at radius 3 is 2.86 bits per heavy atom. The third-order valence-corrected chi connectivity index (χ3v) is 5.81. The van der Waals surface area contributed by atoms with Crippen molar-refractivity contribution in [1.29, 1.82) is 0 Å². The molecule has 118 valence electrons. The Hall–Kier alpha value is -1.64. The highest BCUT2D eigenvalue weighted by molar-refractivity contribution is 5.92. The molecule has 2 fully saturated rings. The van der Waals surface area contributed by atoms with E-state index in [9.17, 15) is 9.59 Å². The monoisotopic (exact) mass is 300 g/mol. The molecular weight excluding hydrogens is 276 g/mol. The molecule has 3 atom stereocenters. The van der Waals surface area contributed by atoms with Crippen LogP contribution in [0.4, 0.5) is 0 Å². The number of ketones is 2. The fraction of sp³-hybridized carbons (Fsp3) is 0.579. The smallest absolute Gasteiger partial charge is 0.139 e. The Bertz CT molecular complexity index is 592.